The Labute approximate surface area is 118 Å². The Morgan fingerprint density at radius 2 is 2.05 bits per heavy atom. The lowest BCUT2D eigenvalue weighted by Crippen LogP contribution is -2.37. The van der Waals surface area contributed by atoms with Crippen LogP contribution < -0.4 is 4.31 Å². The maximum absolute atomic E-state index is 12.6. The molecule has 2 aromatic rings. The highest BCUT2D eigenvalue weighted by Crippen LogP contribution is 2.22. The fourth-order valence-electron chi connectivity index (χ4n) is 1.76. The molecule has 7 heteroatoms. The minimum atomic E-state index is -3.76. The molecule has 20 heavy (non-hydrogen) atoms. The lowest BCUT2D eigenvalue weighted by molar-refractivity contribution is 0.179. The molecule has 0 saturated carbocycles. The van der Waals surface area contributed by atoms with Gasteiger partial charge in [0.05, 0.1) is 30.9 Å². The Morgan fingerprint density at radius 1 is 1.35 bits per heavy atom. The summed E-state index contributed by atoms with van der Waals surface area (Å²) in [6.45, 7) is 1.80. The van der Waals surface area contributed by atoms with E-state index in [4.69, 9.17) is 0 Å². The van der Waals surface area contributed by atoms with Crippen molar-refractivity contribution in [2.45, 2.75) is 24.5 Å². The summed E-state index contributed by atoms with van der Waals surface area (Å²) in [7, 11) is -3.76. The first-order chi connectivity index (χ1) is 9.55. The fraction of sp³-hybridized carbons (Fsp3) is 0.308. The van der Waals surface area contributed by atoms with E-state index >= 15 is 0 Å². The monoisotopic (exact) mass is 295 g/mol. The summed E-state index contributed by atoms with van der Waals surface area (Å²) in [4.78, 5) is 6.34. The van der Waals surface area contributed by atoms with Gasteiger partial charge in [0.2, 0.25) is 0 Å². The quantitative estimate of drug-likeness (QED) is 0.843. The van der Waals surface area contributed by atoms with Crippen LogP contribution in [0, 0.1) is 0 Å². The predicted molar refractivity (Wildman–Crippen MR) is 75.9 cm³/mol. The van der Waals surface area contributed by atoms with Gasteiger partial charge in [-0.2, -0.15) is 8.42 Å². The van der Waals surface area contributed by atoms with Gasteiger partial charge in [0.15, 0.2) is 5.03 Å². The van der Waals surface area contributed by atoms with Crippen molar-refractivity contribution >= 4 is 15.7 Å². The zero-order chi connectivity index (χ0) is 14.6. The number of aromatic nitrogens is 2. The summed E-state index contributed by atoms with van der Waals surface area (Å²) >= 11 is 0. The van der Waals surface area contributed by atoms with E-state index in [0.717, 1.165) is 0 Å². The number of aliphatic hydroxyl groups excluding tert-OH is 1. The lowest BCUT2D eigenvalue weighted by atomic mass is 10.2. The number of nitrogens with one attached hydrogen (secondary N) is 1. The summed E-state index contributed by atoms with van der Waals surface area (Å²) < 4.78 is 26.4. The number of hydrogen-bond acceptors (Lipinski definition) is 4. The summed E-state index contributed by atoms with van der Waals surface area (Å²) in [5, 5.41) is 9.82. The first-order valence-electron chi connectivity index (χ1n) is 6.30. The van der Waals surface area contributed by atoms with Crippen molar-refractivity contribution in [3.8, 4) is 0 Å². The molecule has 0 aliphatic rings. The number of nitrogens with zero attached hydrogens (tertiary/aromatic N) is 2. The Kier molecular flexibility index (Phi) is 4.41. The second-order valence-corrected chi connectivity index (χ2v) is 6.18. The van der Waals surface area contributed by atoms with Gasteiger partial charge < -0.3 is 10.1 Å². The van der Waals surface area contributed by atoms with Crippen molar-refractivity contribution in [3.63, 3.8) is 0 Å². The van der Waals surface area contributed by atoms with Crippen LogP contribution in [-0.2, 0) is 10.0 Å². The number of imidazole rings is 1. The van der Waals surface area contributed by atoms with E-state index in [9.17, 15) is 13.5 Å². The molecule has 1 heterocycles. The number of para-hydroxylation sites is 1. The molecule has 0 aliphatic heterocycles. The van der Waals surface area contributed by atoms with Gasteiger partial charge in [-0.3, -0.25) is 4.31 Å². The number of sulfonamides is 1. The first kappa shape index (κ1) is 14.5. The highest BCUT2D eigenvalue weighted by atomic mass is 32.2. The molecule has 0 fully saturated rings. The van der Waals surface area contributed by atoms with Crippen LogP contribution in [0.2, 0.25) is 0 Å². The second kappa shape index (κ2) is 6.06. The lowest BCUT2D eigenvalue weighted by Gasteiger charge is -2.25. The molecule has 2 rings (SSSR count). The summed E-state index contributed by atoms with van der Waals surface area (Å²) in [6.07, 6.45) is 2.31. The number of aromatic amines is 1. The smallest absolute Gasteiger partial charge is 0.281 e. The summed E-state index contributed by atoms with van der Waals surface area (Å²) in [6, 6.07) is 8.69. The molecule has 0 amide bonds. The average molecular weight is 295 g/mol. The maximum atomic E-state index is 12.6. The highest BCUT2D eigenvalue weighted by Gasteiger charge is 2.27. The van der Waals surface area contributed by atoms with Gasteiger partial charge in [-0.05, 0) is 18.6 Å². The fourth-order valence-corrected chi connectivity index (χ4v) is 3.16. The van der Waals surface area contributed by atoms with E-state index < -0.39 is 16.1 Å². The van der Waals surface area contributed by atoms with Crippen molar-refractivity contribution in [1.29, 1.82) is 0 Å². The minimum Gasteiger partial charge on any atom is -0.391 e. The third kappa shape index (κ3) is 3.00. The molecule has 1 unspecified atom stereocenters. The normalized spacial score (nSPS) is 13.1. The van der Waals surface area contributed by atoms with E-state index in [2.05, 4.69) is 9.97 Å². The van der Waals surface area contributed by atoms with Crippen LogP contribution >= 0.6 is 0 Å². The van der Waals surface area contributed by atoms with E-state index in [1.807, 2.05) is 0 Å². The number of H-pyrrole nitrogens is 1. The van der Waals surface area contributed by atoms with Gasteiger partial charge in [-0.25, -0.2) is 4.98 Å². The van der Waals surface area contributed by atoms with Gasteiger partial charge in [0.25, 0.3) is 10.0 Å². The molecule has 1 atom stereocenters. The van der Waals surface area contributed by atoms with Crippen LogP contribution in [0.3, 0.4) is 0 Å². The number of rotatable bonds is 6. The molecule has 0 bridgehead atoms. The van der Waals surface area contributed by atoms with Gasteiger partial charge in [-0.15, -0.1) is 0 Å². The zero-order valence-electron chi connectivity index (χ0n) is 11.1. The van der Waals surface area contributed by atoms with Crippen LogP contribution in [-0.4, -0.2) is 36.1 Å². The third-order valence-electron chi connectivity index (χ3n) is 2.93. The van der Waals surface area contributed by atoms with Crippen molar-refractivity contribution in [3.05, 3.63) is 42.9 Å². The molecular formula is C13H17N3O3S. The molecule has 108 valence electrons. The Morgan fingerprint density at radius 3 is 2.60 bits per heavy atom. The van der Waals surface area contributed by atoms with Crippen LogP contribution in [0.5, 0.6) is 0 Å². The first-order valence-corrected chi connectivity index (χ1v) is 7.74. The topological polar surface area (TPSA) is 86.3 Å². The highest BCUT2D eigenvalue weighted by molar-refractivity contribution is 7.92. The molecule has 2 N–H and O–H groups in total. The van der Waals surface area contributed by atoms with Crippen molar-refractivity contribution in [1.82, 2.24) is 9.97 Å². The Balaban J connectivity index is 2.42. The number of anilines is 1. The van der Waals surface area contributed by atoms with Crippen LogP contribution in [0.15, 0.2) is 47.9 Å². The van der Waals surface area contributed by atoms with E-state index in [1.54, 1.807) is 37.3 Å². The third-order valence-corrected chi connectivity index (χ3v) is 4.65. The van der Waals surface area contributed by atoms with Crippen LogP contribution in [0.1, 0.15) is 13.3 Å². The van der Waals surface area contributed by atoms with Crippen LogP contribution in [0.25, 0.3) is 0 Å². The van der Waals surface area contributed by atoms with Gasteiger partial charge >= 0.3 is 0 Å². The number of aliphatic hydroxyl groups is 1. The summed E-state index contributed by atoms with van der Waals surface area (Å²) in [5.41, 5.74) is 0.509. The molecule has 0 saturated heterocycles. The van der Waals surface area contributed by atoms with Gasteiger partial charge in [0.1, 0.15) is 0 Å². The molecule has 1 aromatic heterocycles. The number of hydrogen-bond donors (Lipinski definition) is 2. The van der Waals surface area contributed by atoms with E-state index in [0.29, 0.717) is 12.1 Å². The number of benzene rings is 1. The molecule has 0 aliphatic carbocycles. The molecule has 6 nitrogen and oxygen atoms in total. The molecule has 0 radical (unpaired) electrons. The van der Waals surface area contributed by atoms with Gasteiger partial charge in [0, 0.05) is 0 Å². The average Bonchev–Trinajstić information content (AvgIpc) is 3.00. The molecular weight excluding hydrogens is 278 g/mol. The van der Waals surface area contributed by atoms with Crippen molar-refractivity contribution in [2.24, 2.45) is 0 Å². The second-order valence-electron chi connectivity index (χ2n) is 4.35. The van der Waals surface area contributed by atoms with Crippen LogP contribution in [0.4, 0.5) is 5.69 Å². The van der Waals surface area contributed by atoms with Crippen molar-refractivity contribution in [2.75, 3.05) is 10.8 Å². The maximum Gasteiger partial charge on any atom is 0.281 e. The largest absolute Gasteiger partial charge is 0.391 e. The molecule has 0 spiro atoms. The minimum absolute atomic E-state index is 0.00185. The predicted octanol–water partition coefficient (Wildman–Crippen LogP) is 1.38. The van der Waals surface area contributed by atoms with E-state index in [-0.39, 0.29) is 11.6 Å². The summed E-state index contributed by atoms with van der Waals surface area (Å²) in [5.74, 6) is 0. The Bertz CT molecular complexity index is 626. The standard InChI is InChI=1S/C13H17N3O3S/c1-2-12(17)9-16(11-6-4-3-5-7-11)20(18,19)13-8-14-10-15-13/h3-8,10,12,17H,2,9H2,1H3,(H,14,15). The van der Waals surface area contributed by atoms with Gasteiger partial charge in [-0.1, -0.05) is 25.1 Å². The zero-order valence-corrected chi connectivity index (χ0v) is 11.9. The molecule has 1 aromatic carbocycles. The van der Waals surface area contributed by atoms with Crippen molar-refractivity contribution < 1.29 is 13.5 Å². The Hall–Kier alpha value is -1.86. The van der Waals surface area contributed by atoms with E-state index in [1.165, 1.54) is 16.8 Å². The SMILES string of the molecule is CCC(O)CN(c1ccccc1)S(=O)(=O)c1cnc[nH]1.